The molecule has 1 atom stereocenters. The van der Waals surface area contributed by atoms with Crippen molar-refractivity contribution in [2.75, 3.05) is 24.6 Å². The predicted octanol–water partition coefficient (Wildman–Crippen LogP) is 4.50. The molecule has 1 saturated carbocycles. The van der Waals surface area contributed by atoms with Crippen molar-refractivity contribution in [3.8, 4) is 0 Å². The Kier molecular flexibility index (Phi) is 8.18. The van der Waals surface area contributed by atoms with Crippen molar-refractivity contribution in [1.82, 2.24) is 24.3 Å². The highest BCUT2D eigenvalue weighted by atomic mass is 32.2. The molecular formula is C30H38FN5O2S. The second-order valence-corrected chi connectivity index (χ2v) is 12.7. The maximum Gasteiger partial charge on any atom is 0.333 e. The maximum atomic E-state index is 14.2. The lowest BCUT2D eigenvalue weighted by molar-refractivity contribution is 0.163. The fourth-order valence-electron chi connectivity index (χ4n) is 6.81. The van der Waals surface area contributed by atoms with Crippen LogP contribution in [0.25, 0.3) is 11.0 Å². The van der Waals surface area contributed by atoms with Crippen LogP contribution in [0.1, 0.15) is 69.0 Å². The third-order valence-electron chi connectivity index (χ3n) is 8.77. The number of benzene rings is 1. The van der Waals surface area contributed by atoms with Crippen LogP contribution in [0.3, 0.4) is 0 Å². The number of likely N-dealkylation sites (tertiary alicyclic amines) is 1. The van der Waals surface area contributed by atoms with Gasteiger partial charge in [0.25, 0.3) is 5.56 Å². The van der Waals surface area contributed by atoms with Crippen molar-refractivity contribution in [2.45, 2.75) is 82.1 Å². The van der Waals surface area contributed by atoms with Gasteiger partial charge in [0.05, 0.1) is 11.6 Å². The van der Waals surface area contributed by atoms with Gasteiger partial charge >= 0.3 is 5.69 Å². The average molecular weight is 552 g/mol. The normalized spacial score (nSPS) is 25.2. The first kappa shape index (κ1) is 26.7. The molecule has 1 N–H and O–H groups in total. The van der Waals surface area contributed by atoms with Crippen molar-refractivity contribution < 1.29 is 4.39 Å². The number of thioether (sulfide) groups is 1. The van der Waals surface area contributed by atoms with E-state index in [-0.39, 0.29) is 23.2 Å². The quantitative estimate of drug-likeness (QED) is 0.486. The Morgan fingerprint density at radius 2 is 1.67 bits per heavy atom. The van der Waals surface area contributed by atoms with Crippen LogP contribution in [0.5, 0.6) is 0 Å². The topological polar surface area (TPSA) is 72.2 Å². The molecule has 0 bridgehead atoms. The molecule has 0 radical (unpaired) electrons. The number of nitrogens with one attached hydrogen (secondary N) is 1. The van der Waals surface area contributed by atoms with E-state index in [1.165, 1.54) is 29.0 Å². The van der Waals surface area contributed by atoms with E-state index in [1.807, 2.05) is 11.8 Å². The molecule has 9 heteroatoms. The highest BCUT2D eigenvalue weighted by molar-refractivity contribution is 7.99. The van der Waals surface area contributed by atoms with Crippen LogP contribution in [-0.4, -0.2) is 55.7 Å². The summed E-state index contributed by atoms with van der Waals surface area (Å²) in [4.78, 5) is 34.1. The number of aromatic nitrogens is 3. The van der Waals surface area contributed by atoms with Gasteiger partial charge in [0.15, 0.2) is 0 Å². The lowest BCUT2D eigenvalue weighted by Crippen LogP contribution is -2.50. The first-order chi connectivity index (χ1) is 19.1. The fourth-order valence-corrected chi connectivity index (χ4v) is 7.89. The monoisotopic (exact) mass is 551 g/mol. The molecule has 1 aromatic carbocycles. The summed E-state index contributed by atoms with van der Waals surface area (Å²) in [7, 11) is 0. The van der Waals surface area contributed by atoms with E-state index < -0.39 is 11.4 Å². The standard InChI is InChI=1S/C30H38FN5O2S/c31-22-17-27-28(32-18-22)35(26-12-15-39-16-13-26)30(38)36(29(27)37)25-10-8-23(9-11-25)33-24-7-4-14-34(20-24)19-21-5-2-1-3-6-21/h1-3,5-6,17-18,23-26,33H,4,7-16,19-20H2. The van der Waals surface area contributed by atoms with Gasteiger partial charge in [-0.1, -0.05) is 30.3 Å². The van der Waals surface area contributed by atoms with E-state index in [2.05, 4.69) is 45.5 Å². The Morgan fingerprint density at radius 3 is 2.44 bits per heavy atom. The average Bonchev–Trinajstić information content (AvgIpc) is 2.96. The van der Waals surface area contributed by atoms with E-state index in [4.69, 9.17) is 0 Å². The van der Waals surface area contributed by atoms with Crippen LogP contribution in [0.2, 0.25) is 0 Å². The highest BCUT2D eigenvalue weighted by Crippen LogP contribution is 2.30. The van der Waals surface area contributed by atoms with E-state index in [0.29, 0.717) is 17.7 Å². The molecule has 6 rings (SSSR count). The molecule has 2 aliphatic heterocycles. The minimum Gasteiger partial charge on any atom is -0.310 e. The third kappa shape index (κ3) is 5.86. The molecule has 0 amide bonds. The van der Waals surface area contributed by atoms with Gasteiger partial charge in [-0.2, -0.15) is 11.8 Å². The smallest absolute Gasteiger partial charge is 0.310 e. The highest BCUT2D eigenvalue weighted by Gasteiger charge is 2.30. The molecule has 2 aromatic heterocycles. The summed E-state index contributed by atoms with van der Waals surface area (Å²) in [6.07, 6.45) is 8.57. The second-order valence-electron chi connectivity index (χ2n) is 11.4. The molecule has 2 saturated heterocycles. The lowest BCUT2D eigenvalue weighted by Gasteiger charge is -2.38. The number of nitrogens with zero attached hydrogens (tertiary/aromatic N) is 4. The molecule has 208 valence electrons. The van der Waals surface area contributed by atoms with Gasteiger partial charge in [0, 0.05) is 37.3 Å². The fraction of sp³-hybridized carbons (Fsp3) is 0.567. The zero-order valence-corrected chi connectivity index (χ0v) is 23.3. The van der Waals surface area contributed by atoms with E-state index in [9.17, 15) is 14.0 Å². The molecule has 3 aliphatic rings. The summed E-state index contributed by atoms with van der Waals surface area (Å²) in [6.45, 7) is 3.16. The van der Waals surface area contributed by atoms with Gasteiger partial charge < -0.3 is 5.32 Å². The lowest BCUT2D eigenvalue weighted by atomic mass is 9.89. The van der Waals surface area contributed by atoms with Crippen LogP contribution < -0.4 is 16.6 Å². The number of fused-ring (bicyclic) bond motifs is 1. The van der Waals surface area contributed by atoms with Crippen LogP contribution in [0, 0.1) is 5.82 Å². The van der Waals surface area contributed by atoms with Gasteiger partial charge in [-0.05, 0) is 81.0 Å². The molecule has 1 unspecified atom stereocenters. The van der Waals surface area contributed by atoms with Gasteiger partial charge in [-0.25, -0.2) is 14.2 Å². The van der Waals surface area contributed by atoms with Crippen molar-refractivity contribution >= 4 is 22.8 Å². The molecule has 39 heavy (non-hydrogen) atoms. The van der Waals surface area contributed by atoms with E-state index in [0.717, 1.165) is 75.9 Å². The Bertz CT molecular complexity index is 1400. The molecular weight excluding hydrogens is 513 g/mol. The zero-order chi connectivity index (χ0) is 26.8. The minimum absolute atomic E-state index is 0.00537. The summed E-state index contributed by atoms with van der Waals surface area (Å²) >= 11 is 1.88. The van der Waals surface area contributed by atoms with Gasteiger partial charge in [0.2, 0.25) is 0 Å². The minimum atomic E-state index is -0.544. The molecule has 3 aromatic rings. The largest absolute Gasteiger partial charge is 0.333 e. The van der Waals surface area contributed by atoms with Gasteiger partial charge in [-0.15, -0.1) is 0 Å². The Labute approximate surface area is 232 Å². The molecule has 4 heterocycles. The van der Waals surface area contributed by atoms with Crippen LogP contribution in [0.15, 0.2) is 52.2 Å². The second kappa shape index (κ2) is 11.9. The molecule has 7 nitrogen and oxygen atoms in total. The van der Waals surface area contributed by atoms with Crippen molar-refractivity contribution in [3.63, 3.8) is 0 Å². The molecule has 3 fully saturated rings. The summed E-state index contributed by atoms with van der Waals surface area (Å²) in [5.41, 5.74) is 1.01. The number of hydrogen-bond acceptors (Lipinski definition) is 6. The van der Waals surface area contributed by atoms with E-state index >= 15 is 0 Å². The first-order valence-electron chi connectivity index (χ1n) is 14.5. The zero-order valence-electron chi connectivity index (χ0n) is 22.4. The summed E-state index contributed by atoms with van der Waals surface area (Å²) in [5.74, 6) is 1.40. The SMILES string of the molecule is O=c1c2cc(F)cnc2n(C2CCSCC2)c(=O)n1C1CCC(NC2CCCN(Cc3ccccc3)C2)CC1. The summed E-state index contributed by atoms with van der Waals surface area (Å²) < 4.78 is 17.3. The van der Waals surface area contributed by atoms with Crippen LogP contribution >= 0.6 is 11.8 Å². The Morgan fingerprint density at radius 1 is 0.923 bits per heavy atom. The molecule has 1 aliphatic carbocycles. The Hall–Kier alpha value is -2.49. The number of pyridine rings is 1. The molecule has 0 spiro atoms. The number of hydrogen-bond donors (Lipinski definition) is 1. The maximum absolute atomic E-state index is 14.2. The van der Waals surface area contributed by atoms with Gasteiger partial charge in [0.1, 0.15) is 11.5 Å². The third-order valence-corrected chi connectivity index (χ3v) is 9.82. The van der Waals surface area contributed by atoms with Gasteiger partial charge in [-0.3, -0.25) is 18.8 Å². The van der Waals surface area contributed by atoms with Crippen molar-refractivity contribution in [3.05, 3.63) is 74.8 Å². The summed E-state index contributed by atoms with van der Waals surface area (Å²) in [6, 6.07) is 12.6. The summed E-state index contributed by atoms with van der Waals surface area (Å²) in [5, 5.41) is 4.12. The number of piperidine rings is 1. The van der Waals surface area contributed by atoms with E-state index in [1.54, 1.807) is 4.57 Å². The predicted molar refractivity (Wildman–Crippen MR) is 155 cm³/mol. The van der Waals surface area contributed by atoms with Crippen LogP contribution in [0.4, 0.5) is 4.39 Å². The van der Waals surface area contributed by atoms with Crippen molar-refractivity contribution in [1.29, 1.82) is 0 Å². The van der Waals surface area contributed by atoms with Crippen molar-refractivity contribution in [2.24, 2.45) is 0 Å². The van der Waals surface area contributed by atoms with Crippen LogP contribution in [-0.2, 0) is 6.54 Å². The number of halogens is 1. The first-order valence-corrected chi connectivity index (χ1v) is 15.6. The number of rotatable bonds is 6. The Balaban J connectivity index is 1.16.